The van der Waals surface area contributed by atoms with Crippen molar-refractivity contribution in [3.8, 4) is 0 Å². The number of benzene rings is 1. The van der Waals surface area contributed by atoms with Gasteiger partial charge in [-0.15, -0.1) is 0 Å². The first-order valence-corrected chi connectivity index (χ1v) is 6.56. The number of nitrogen functional groups attached to an aromatic ring is 1. The van der Waals surface area contributed by atoms with Crippen molar-refractivity contribution in [2.45, 2.75) is 26.8 Å². The van der Waals surface area contributed by atoms with Crippen LogP contribution in [0.15, 0.2) is 12.1 Å². The van der Waals surface area contributed by atoms with Gasteiger partial charge in [-0.2, -0.15) is 0 Å². The molecule has 0 heterocycles. The van der Waals surface area contributed by atoms with Gasteiger partial charge in [-0.25, -0.2) is 9.18 Å². The van der Waals surface area contributed by atoms with E-state index < -0.39 is 11.8 Å². The van der Waals surface area contributed by atoms with E-state index in [1.807, 2.05) is 13.8 Å². The molecule has 0 aliphatic carbocycles. The molecule has 0 atom stereocenters. The first kappa shape index (κ1) is 16.2. The monoisotopic (exact) mass is 284 g/mol. The lowest BCUT2D eigenvalue weighted by molar-refractivity contribution is 0.0527. The molecule has 1 aromatic rings. The molecule has 20 heavy (non-hydrogen) atoms. The Balaban J connectivity index is 3.25. The van der Waals surface area contributed by atoms with Gasteiger partial charge in [0, 0.05) is 18.3 Å². The molecule has 0 aromatic heterocycles. The summed E-state index contributed by atoms with van der Waals surface area (Å²) in [6.45, 7) is 5.79. The topological polar surface area (TPSA) is 75.8 Å². The van der Waals surface area contributed by atoms with Gasteiger partial charge < -0.3 is 20.5 Å². The number of carbonyl (C=O) groups is 1. The minimum Gasteiger partial charge on any atom is -0.462 e. The highest BCUT2D eigenvalue weighted by Crippen LogP contribution is 2.27. The summed E-state index contributed by atoms with van der Waals surface area (Å²) in [5.74, 6) is -1.11. The Morgan fingerprint density at radius 1 is 1.50 bits per heavy atom. The smallest absolute Gasteiger partial charge is 0.340 e. The number of carbonyl (C=O) groups excluding carboxylic acids is 1. The maximum atomic E-state index is 14.1. The molecule has 0 aliphatic rings. The van der Waals surface area contributed by atoms with E-state index in [0.29, 0.717) is 0 Å². The number of anilines is 2. The molecule has 0 fully saturated rings. The Labute approximate surface area is 118 Å². The van der Waals surface area contributed by atoms with E-state index in [1.165, 1.54) is 6.07 Å². The second-order valence-electron chi connectivity index (χ2n) is 4.62. The van der Waals surface area contributed by atoms with Gasteiger partial charge in [-0.3, -0.25) is 0 Å². The van der Waals surface area contributed by atoms with Crippen LogP contribution in [0.3, 0.4) is 0 Å². The first-order valence-electron chi connectivity index (χ1n) is 6.56. The fourth-order valence-electron chi connectivity index (χ4n) is 1.95. The quantitative estimate of drug-likeness (QED) is 0.615. The predicted molar refractivity (Wildman–Crippen MR) is 76.3 cm³/mol. The average molecular weight is 284 g/mol. The normalized spacial score (nSPS) is 10.7. The van der Waals surface area contributed by atoms with E-state index in [-0.39, 0.29) is 42.7 Å². The van der Waals surface area contributed by atoms with Crippen molar-refractivity contribution in [1.29, 1.82) is 0 Å². The summed E-state index contributed by atoms with van der Waals surface area (Å²) in [5, 5.41) is 9.07. The van der Waals surface area contributed by atoms with Crippen molar-refractivity contribution < 1.29 is 19.0 Å². The SMILES string of the molecule is CCOC(=O)c1cc(N(CCO)C(C)C)c(F)cc1N. The highest BCUT2D eigenvalue weighted by atomic mass is 19.1. The van der Waals surface area contributed by atoms with Crippen LogP contribution in [0, 0.1) is 5.82 Å². The van der Waals surface area contributed by atoms with Gasteiger partial charge in [0.05, 0.1) is 24.5 Å². The van der Waals surface area contributed by atoms with Crippen LogP contribution in [0.4, 0.5) is 15.8 Å². The van der Waals surface area contributed by atoms with Crippen LogP contribution in [-0.2, 0) is 4.74 Å². The number of esters is 1. The molecule has 0 unspecified atom stereocenters. The van der Waals surface area contributed by atoms with Gasteiger partial charge in [0.2, 0.25) is 0 Å². The van der Waals surface area contributed by atoms with Crippen molar-refractivity contribution >= 4 is 17.3 Å². The van der Waals surface area contributed by atoms with Crippen LogP contribution in [0.1, 0.15) is 31.1 Å². The zero-order valence-electron chi connectivity index (χ0n) is 12.0. The minimum absolute atomic E-state index is 0.0321. The van der Waals surface area contributed by atoms with E-state index in [2.05, 4.69) is 0 Å². The Bertz CT molecular complexity index is 478. The van der Waals surface area contributed by atoms with Gasteiger partial charge in [0.15, 0.2) is 0 Å². The lowest BCUT2D eigenvalue weighted by Gasteiger charge is -2.29. The van der Waals surface area contributed by atoms with E-state index in [4.69, 9.17) is 15.6 Å². The number of hydrogen-bond acceptors (Lipinski definition) is 5. The van der Waals surface area contributed by atoms with Gasteiger partial charge in [0.1, 0.15) is 5.82 Å². The van der Waals surface area contributed by atoms with Crippen LogP contribution in [-0.4, -0.2) is 36.9 Å². The van der Waals surface area contributed by atoms with Gasteiger partial charge in [-0.1, -0.05) is 0 Å². The maximum Gasteiger partial charge on any atom is 0.340 e. The Morgan fingerprint density at radius 3 is 2.65 bits per heavy atom. The maximum absolute atomic E-state index is 14.1. The second kappa shape index (κ2) is 7.09. The molecule has 0 radical (unpaired) electrons. The fourth-order valence-corrected chi connectivity index (χ4v) is 1.95. The van der Waals surface area contributed by atoms with E-state index >= 15 is 0 Å². The summed E-state index contributed by atoms with van der Waals surface area (Å²) in [6.07, 6.45) is 0. The Hall–Kier alpha value is -1.82. The molecular weight excluding hydrogens is 263 g/mol. The molecule has 0 saturated heterocycles. The highest BCUT2D eigenvalue weighted by Gasteiger charge is 2.20. The molecule has 1 aromatic carbocycles. The summed E-state index contributed by atoms with van der Waals surface area (Å²) in [4.78, 5) is 13.5. The van der Waals surface area contributed by atoms with Crippen LogP contribution in [0.25, 0.3) is 0 Å². The third-order valence-corrected chi connectivity index (χ3v) is 2.89. The minimum atomic E-state index is -0.584. The predicted octanol–water partition coefficient (Wildman–Crippen LogP) is 1.79. The number of nitrogens with two attached hydrogens (primary N) is 1. The van der Waals surface area contributed by atoms with Crippen molar-refractivity contribution in [1.82, 2.24) is 0 Å². The number of rotatable bonds is 6. The standard InChI is InChI=1S/C14H21FN2O3/c1-4-20-14(19)10-7-13(11(15)8-12(10)16)17(5-6-18)9(2)3/h7-9,18H,4-6,16H2,1-3H3. The lowest BCUT2D eigenvalue weighted by Crippen LogP contribution is -2.34. The summed E-state index contributed by atoms with van der Waals surface area (Å²) in [6, 6.07) is 2.45. The largest absolute Gasteiger partial charge is 0.462 e. The van der Waals surface area contributed by atoms with E-state index in [0.717, 1.165) is 6.07 Å². The molecule has 0 bridgehead atoms. The van der Waals surface area contributed by atoms with Crippen LogP contribution in [0.5, 0.6) is 0 Å². The molecule has 0 aliphatic heterocycles. The summed E-state index contributed by atoms with van der Waals surface area (Å²) in [7, 11) is 0. The van der Waals surface area contributed by atoms with Crippen molar-refractivity contribution in [3.63, 3.8) is 0 Å². The fraction of sp³-hybridized carbons (Fsp3) is 0.500. The lowest BCUT2D eigenvalue weighted by atomic mass is 10.1. The highest BCUT2D eigenvalue weighted by molar-refractivity contribution is 5.96. The molecule has 5 nitrogen and oxygen atoms in total. The van der Waals surface area contributed by atoms with Gasteiger partial charge >= 0.3 is 5.97 Å². The molecule has 112 valence electrons. The number of aliphatic hydroxyl groups excluding tert-OH is 1. The van der Waals surface area contributed by atoms with Crippen LogP contribution < -0.4 is 10.6 Å². The average Bonchev–Trinajstić information content (AvgIpc) is 2.36. The third kappa shape index (κ3) is 3.60. The zero-order chi connectivity index (χ0) is 15.3. The number of aliphatic hydroxyl groups is 1. The number of nitrogens with zero attached hydrogens (tertiary/aromatic N) is 1. The second-order valence-corrected chi connectivity index (χ2v) is 4.62. The molecule has 0 spiro atoms. The Kier molecular flexibility index (Phi) is 5.76. The van der Waals surface area contributed by atoms with Gasteiger partial charge in [-0.05, 0) is 32.9 Å². The van der Waals surface area contributed by atoms with E-state index in [9.17, 15) is 9.18 Å². The molecule has 0 saturated carbocycles. The Morgan fingerprint density at radius 2 is 2.15 bits per heavy atom. The first-order chi connectivity index (χ1) is 9.42. The molecule has 6 heteroatoms. The number of ether oxygens (including phenoxy) is 1. The van der Waals surface area contributed by atoms with E-state index in [1.54, 1.807) is 11.8 Å². The zero-order valence-corrected chi connectivity index (χ0v) is 12.0. The summed E-state index contributed by atoms with van der Waals surface area (Å²) < 4.78 is 19.0. The van der Waals surface area contributed by atoms with Crippen molar-refractivity contribution in [3.05, 3.63) is 23.5 Å². The number of hydrogen-bond donors (Lipinski definition) is 2. The number of halogens is 1. The molecular formula is C14H21FN2O3. The van der Waals surface area contributed by atoms with Crippen molar-refractivity contribution in [2.75, 3.05) is 30.4 Å². The van der Waals surface area contributed by atoms with Gasteiger partial charge in [0.25, 0.3) is 0 Å². The molecule has 3 N–H and O–H groups in total. The van der Waals surface area contributed by atoms with Crippen LogP contribution in [0.2, 0.25) is 0 Å². The molecule has 1 rings (SSSR count). The molecule has 0 amide bonds. The van der Waals surface area contributed by atoms with Crippen molar-refractivity contribution in [2.24, 2.45) is 0 Å². The third-order valence-electron chi connectivity index (χ3n) is 2.89. The summed E-state index contributed by atoms with van der Waals surface area (Å²) >= 11 is 0. The van der Waals surface area contributed by atoms with Crippen LogP contribution >= 0.6 is 0 Å². The summed E-state index contributed by atoms with van der Waals surface area (Å²) in [5.41, 5.74) is 6.06.